The Morgan fingerprint density at radius 2 is 2.29 bits per heavy atom. The van der Waals surface area contributed by atoms with E-state index in [1.54, 1.807) is 18.3 Å². The number of aromatic nitrogens is 1. The molecular weight excluding hydrogens is 294 g/mol. The van der Waals surface area contributed by atoms with Crippen LogP contribution in [0.1, 0.15) is 6.42 Å². The van der Waals surface area contributed by atoms with Gasteiger partial charge in [-0.15, -0.1) is 0 Å². The van der Waals surface area contributed by atoms with E-state index in [2.05, 4.69) is 15.6 Å². The number of carbonyl (C=O) groups is 2. The average Bonchev–Trinajstić information content (AvgIpc) is 2.93. The first-order chi connectivity index (χ1) is 10.1. The Balaban J connectivity index is 1.81. The van der Waals surface area contributed by atoms with Gasteiger partial charge in [0.2, 0.25) is 11.8 Å². The summed E-state index contributed by atoms with van der Waals surface area (Å²) in [6.45, 7) is 1.24. The first kappa shape index (κ1) is 15.5. The number of carbonyl (C=O) groups excluding carboxylic acids is 2. The van der Waals surface area contributed by atoms with Crippen molar-refractivity contribution in [1.29, 1.82) is 0 Å². The van der Waals surface area contributed by atoms with Gasteiger partial charge in [0.25, 0.3) is 0 Å². The fourth-order valence-corrected chi connectivity index (χ4v) is 2.45. The van der Waals surface area contributed by atoms with E-state index in [-0.39, 0.29) is 30.9 Å². The van der Waals surface area contributed by atoms with E-state index in [0.717, 1.165) is 18.8 Å². The highest BCUT2D eigenvalue weighted by Crippen LogP contribution is 2.25. The molecule has 1 fully saturated rings. The van der Waals surface area contributed by atoms with Crippen molar-refractivity contribution in [2.75, 3.05) is 31.1 Å². The molecule has 0 radical (unpaired) electrons. The van der Waals surface area contributed by atoms with Crippen molar-refractivity contribution in [3.63, 3.8) is 0 Å². The number of anilines is 1. The number of nitrogens with zero attached hydrogens (tertiary/aromatic N) is 2. The fourth-order valence-electron chi connectivity index (χ4n) is 2.21. The Labute approximate surface area is 127 Å². The van der Waals surface area contributed by atoms with Crippen molar-refractivity contribution in [3.05, 3.63) is 23.4 Å². The van der Waals surface area contributed by atoms with E-state index >= 15 is 0 Å². The summed E-state index contributed by atoms with van der Waals surface area (Å²) in [6.07, 6.45) is 2.50. The molecule has 1 unspecified atom stereocenters. The van der Waals surface area contributed by atoms with Crippen LogP contribution in [0.3, 0.4) is 0 Å². The molecule has 1 aromatic heterocycles. The van der Waals surface area contributed by atoms with Gasteiger partial charge >= 0.3 is 0 Å². The van der Waals surface area contributed by atoms with Crippen LogP contribution in [0.15, 0.2) is 18.3 Å². The van der Waals surface area contributed by atoms with Gasteiger partial charge in [0, 0.05) is 25.3 Å². The van der Waals surface area contributed by atoms with Gasteiger partial charge in [0.15, 0.2) is 0 Å². The quantitative estimate of drug-likeness (QED) is 0.681. The van der Waals surface area contributed by atoms with Gasteiger partial charge in [0.1, 0.15) is 5.82 Å². The highest BCUT2D eigenvalue weighted by atomic mass is 35.5. The molecule has 7 nitrogen and oxygen atoms in total. The lowest BCUT2D eigenvalue weighted by Gasteiger charge is -2.19. The lowest BCUT2D eigenvalue weighted by atomic mass is 10.2. The molecule has 2 rings (SSSR count). The van der Waals surface area contributed by atoms with Crippen molar-refractivity contribution in [3.8, 4) is 0 Å². The number of rotatable bonds is 5. The number of amides is 2. The predicted octanol–water partition coefficient (Wildman–Crippen LogP) is -0.495. The third-order valence-electron chi connectivity index (χ3n) is 3.22. The zero-order valence-electron chi connectivity index (χ0n) is 11.5. The molecular formula is C13H18ClN5O2. The second-order valence-corrected chi connectivity index (χ2v) is 5.20. The number of halogens is 1. The van der Waals surface area contributed by atoms with E-state index in [1.165, 1.54) is 0 Å². The van der Waals surface area contributed by atoms with Crippen LogP contribution in [0.25, 0.3) is 0 Å². The summed E-state index contributed by atoms with van der Waals surface area (Å²) in [5.74, 6) is 0.154. The Morgan fingerprint density at radius 1 is 1.48 bits per heavy atom. The number of pyridine rings is 1. The van der Waals surface area contributed by atoms with Gasteiger partial charge in [-0.05, 0) is 18.6 Å². The van der Waals surface area contributed by atoms with Gasteiger partial charge in [0.05, 0.1) is 18.1 Å². The third-order valence-corrected chi connectivity index (χ3v) is 3.52. The van der Waals surface area contributed by atoms with Gasteiger partial charge in [-0.25, -0.2) is 4.98 Å². The minimum Gasteiger partial charge on any atom is -0.353 e. The summed E-state index contributed by atoms with van der Waals surface area (Å²) >= 11 is 6.11. The van der Waals surface area contributed by atoms with Gasteiger partial charge in [-0.1, -0.05) is 11.6 Å². The molecule has 0 aliphatic carbocycles. The van der Waals surface area contributed by atoms with E-state index in [1.807, 2.05) is 4.90 Å². The topological polar surface area (TPSA) is 100 Å². The van der Waals surface area contributed by atoms with Crippen LogP contribution in [0, 0.1) is 0 Å². The SMILES string of the molecule is NCC(=O)NCC(=O)NC1CCN(c2ncccc2Cl)C1. The van der Waals surface area contributed by atoms with Gasteiger partial charge in [-0.2, -0.15) is 0 Å². The van der Waals surface area contributed by atoms with Crippen LogP contribution in [-0.4, -0.2) is 49.0 Å². The summed E-state index contributed by atoms with van der Waals surface area (Å²) in [5, 5.41) is 5.90. The first-order valence-corrected chi connectivity index (χ1v) is 7.09. The molecule has 1 aliphatic heterocycles. The molecule has 1 aromatic rings. The van der Waals surface area contributed by atoms with E-state index < -0.39 is 0 Å². The Kier molecular flexibility index (Phi) is 5.35. The van der Waals surface area contributed by atoms with Crippen LogP contribution in [0.2, 0.25) is 5.02 Å². The summed E-state index contributed by atoms with van der Waals surface area (Å²) in [6, 6.07) is 3.59. The molecule has 2 heterocycles. The van der Waals surface area contributed by atoms with E-state index in [0.29, 0.717) is 11.6 Å². The minimum absolute atomic E-state index is 0.0188. The van der Waals surface area contributed by atoms with Crippen molar-refractivity contribution in [1.82, 2.24) is 15.6 Å². The monoisotopic (exact) mass is 311 g/mol. The molecule has 1 atom stereocenters. The molecule has 8 heteroatoms. The smallest absolute Gasteiger partial charge is 0.239 e. The maximum Gasteiger partial charge on any atom is 0.239 e. The van der Waals surface area contributed by atoms with Crippen molar-refractivity contribution in [2.24, 2.45) is 5.73 Å². The first-order valence-electron chi connectivity index (χ1n) is 6.71. The molecule has 2 amide bonds. The second kappa shape index (κ2) is 7.24. The average molecular weight is 312 g/mol. The van der Waals surface area contributed by atoms with E-state index in [4.69, 9.17) is 17.3 Å². The molecule has 21 heavy (non-hydrogen) atoms. The van der Waals surface area contributed by atoms with Crippen molar-refractivity contribution < 1.29 is 9.59 Å². The molecule has 0 bridgehead atoms. The Morgan fingerprint density at radius 3 is 3.00 bits per heavy atom. The summed E-state index contributed by atoms with van der Waals surface area (Å²) in [7, 11) is 0. The van der Waals surface area contributed by atoms with Gasteiger partial charge in [-0.3, -0.25) is 9.59 Å². The normalized spacial score (nSPS) is 17.6. The number of hydrogen-bond donors (Lipinski definition) is 3. The molecule has 1 aliphatic rings. The third kappa shape index (κ3) is 4.30. The Bertz CT molecular complexity index is 525. The second-order valence-electron chi connectivity index (χ2n) is 4.79. The molecule has 0 aromatic carbocycles. The summed E-state index contributed by atoms with van der Waals surface area (Å²) in [4.78, 5) is 29.0. The van der Waals surface area contributed by atoms with Crippen molar-refractivity contribution >= 4 is 29.2 Å². The van der Waals surface area contributed by atoms with E-state index in [9.17, 15) is 9.59 Å². The van der Waals surface area contributed by atoms with Crippen LogP contribution >= 0.6 is 11.6 Å². The lowest BCUT2D eigenvalue weighted by molar-refractivity contribution is -0.125. The van der Waals surface area contributed by atoms with Crippen molar-refractivity contribution in [2.45, 2.75) is 12.5 Å². The molecule has 114 valence electrons. The summed E-state index contributed by atoms with van der Waals surface area (Å²) < 4.78 is 0. The van der Waals surface area contributed by atoms with Crippen LogP contribution in [-0.2, 0) is 9.59 Å². The molecule has 4 N–H and O–H groups in total. The molecule has 0 spiro atoms. The lowest BCUT2D eigenvalue weighted by Crippen LogP contribution is -2.44. The largest absolute Gasteiger partial charge is 0.353 e. The number of nitrogens with one attached hydrogen (secondary N) is 2. The zero-order chi connectivity index (χ0) is 15.2. The highest BCUT2D eigenvalue weighted by molar-refractivity contribution is 6.32. The van der Waals surface area contributed by atoms with Crippen LogP contribution in [0.5, 0.6) is 0 Å². The zero-order valence-corrected chi connectivity index (χ0v) is 12.3. The number of hydrogen-bond acceptors (Lipinski definition) is 5. The summed E-state index contributed by atoms with van der Waals surface area (Å²) in [5.41, 5.74) is 5.15. The maximum atomic E-state index is 11.7. The van der Waals surface area contributed by atoms with Crippen LogP contribution < -0.4 is 21.3 Å². The maximum absolute atomic E-state index is 11.7. The fraction of sp³-hybridized carbons (Fsp3) is 0.462. The molecule has 1 saturated heterocycles. The predicted molar refractivity (Wildman–Crippen MR) is 80.1 cm³/mol. The Hall–Kier alpha value is -1.86. The standard InChI is InChI=1S/C13H18ClN5O2/c14-10-2-1-4-16-13(10)19-5-3-9(8-19)18-12(21)7-17-11(20)6-15/h1-2,4,9H,3,5-8,15H2,(H,17,20)(H,18,21). The van der Waals surface area contributed by atoms with Gasteiger partial charge < -0.3 is 21.3 Å². The highest BCUT2D eigenvalue weighted by Gasteiger charge is 2.25. The number of nitrogens with two attached hydrogens (primary N) is 1. The minimum atomic E-state index is -0.349. The molecule has 0 saturated carbocycles. The van der Waals surface area contributed by atoms with Crippen LogP contribution in [0.4, 0.5) is 5.82 Å².